The highest BCUT2D eigenvalue weighted by molar-refractivity contribution is 6.30. The van der Waals surface area contributed by atoms with E-state index in [1.807, 2.05) is 12.1 Å². The summed E-state index contributed by atoms with van der Waals surface area (Å²) in [5, 5.41) is 4.25. The molecule has 0 amide bonds. The summed E-state index contributed by atoms with van der Waals surface area (Å²) in [4.78, 5) is 0. The summed E-state index contributed by atoms with van der Waals surface area (Å²) in [6.07, 6.45) is 2.44. The summed E-state index contributed by atoms with van der Waals surface area (Å²) in [5.41, 5.74) is 1.01. The highest BCUT2D eigenvalue weighted by Crippen LogP contribution is 2.37. The highest BCUT2D eigenvalue weighted by atomic mass is 35.5. The van der Waals surface area contributed by atoms with Gasteiger partial charge in [0, 0.05) is 24.1 Å². The number of ether oxygens (including phenoxy) is 1. The first-order chi connectivity index (χ1) is 8.66. The fourth-order valence-corrected chi connectivity index (χ4v) is 2.97. The quantitative estimate of drug-likeness (QED) is 0.900. The number of halogens is 1. The molecule has 2 rings (SSSR count). The van der Waals surface area contributed by atoms with Crippen LogP contribution in [0.4, 0.5) is 0 Å². The molecular formula is C15H22ClNO. The molecule has 1 heterocycles. The lowest BCUT2D eigenvalue weighted by molar-refractivity contribution is -0.0804. The molecule has 0 bridgehead atoms. The maximum absolute atomic E-state index is 6.11. The van der Waals surface area contributed by atoms with Crippen LogP contribution in [0.15, 0.2) is 24.3 Å². The summed E-state index contributed by atoms with van der Waals surface area (Å²) in [7, 11) is 0. The highest BCUT2D eigenvalue weighted by Gasteiger charge is 2.37. The SMILES string of the molecule is CCOC(C)(c1ccc(Cl)cc1)C1CCCNC1. The van der Waals surface area contributed by atoms with Crippen LogP contribution in [0.3, 0.4) is 0 Å². The van der Waals surface area contributed by atoms with E-state index in [0.717, 1.165) is 24.7 Å². The van der Waals surface area contributed by atoms with Crippen LogP contribution in [-0.2, 0) is 10.3 Å². The van der Waals surface area contributed by atoms with E-state index in [0.29, 0.717) is 5.92 Å². The lowest BCUT2D eigenvalue weighted by atomic mass is 9.78. The van der Waals surface area contributed by atoms with Crippen LogP contribution in [0.1, 0.15) is 32.3 Å². The molecule has 2 atom stereocenters. The molecule has 0 radical (unpaired) electrons. The van der Waals surface area contributed by atoms with Crippen LogP contribution in [0, 0.1) is 5.92 Å². The Morgan fingerprint density at radius 1 is 1.39 bits per heavy atom. The molecule has 3 heteroatoms. The minimum Gasteiger partial charge on any atom is -0.371 e. The van der Waals surface area contributed by atoms with Gasteiger partial charge in [0.1, 0.15) is 0 Å². The van der Waals surface area contributed by atoms with Gasteiger partial charge in [0.2, 0.25) is 0 Å². The van der Waals surface area contributed by atoms with Crippen molar-refractivity contribution in [3.63, 3.8) is 0 Å². The Bertz CT molecular complexity index is 373. The van der Waals surface area contributed by atoms with Crippen molar-refractivity contribution in [3.8, 4) is 0 Å². The van der Waals surface area contributed by atoms with Gasteiger partial charge >= 0.3 is 0 Å². The molecule has 0 spiro atoms. The lowest BCUT2D eigenvalue weighted by Crippen LogP contribution is -2.44. The summed E-state index contributed by atoms with van der Waals surface area (Å²) in [5.74, 6) is 0.521. The first-order valence-corrected chi connectivity index (χ1v) is 7.15. The van der Waals surface area contributed by atoms with Crippen molar-refractivity contribution < 1.29 is 4.74 Å². The Hall–Kier alpha value is -0.570. The molecule has 1 N–H and O–H groups in total. The van der Waals surface area contributed by atoms with Crippen LogP contribution in [-0.4, -0.2) is 19.7 Å². The van der Waals surface area contributed by atoms with Crippen molar-refractivity contribution in [1.29, 1.82) is 0 Å². The molecule has 100 valence electrons. The number of hydrogen-bond donors (Lipinski definition) is 1. The molecule has 18 heavy (non-hydrogen) atoms. The van der Waals surface area contributed by atoms with Crippen LogP contribution in [0.5, 0.6) is 0 Å². The zero-order valence-electron chi connectivity index (χ0n) is 11.2. The number of piperidine rings is 1. The van der Waals surface area contributed by atoms with Crippen molar-refractivity contribution in [3.05, 3.63) is 34.9 Å². The molecule has 1 aliphatic heterocycles. The molecule has 0 saturated carbocycles. The first kappa shape index (κ1) is 13.9. The van der Waals surface area contributed by atoms with Crippen molar-refractivity contribution >= 4 is 11.6 Å². The third kappa shape index (κ3) is 2.87. The largest absolute Gasteiger partial charge is 0.371 e. The van der Waals surface area contributed by atoms with E-state index < -0.39 is 0 Å². The number of rotatable bonds is 4. The summed E-state index contributed by atoms with van der Waals surface area (Å²) >= 11 is 5.97. The topological polar surface area (TPSA) is 21.3 Å². The maximum Gasteiger partial charge on any atom is 0.0943 e. The van der Waals surface area contributed by atoms with E-state index in [1.165, 1.54) is 18.4 Å². The van der Waals surface area contributed by atoms with E-state index in [4.69, 9.17) is 16.3 Å². The van der Waals surface area contributed by atoms with Gasteiger partial charge in [-0.15, -0.1) is 0 Å². The fourth-order valence-electron chi connectivity index (χ4n) is 2.84. The smallest absolute Gasteiger partial charge is 0.0943 e. The molecule has 1 saturated heterocycles. The molecule has 0 aromatic heterocycles. The summed E-state index contributed by atoms with van der Waals surface area (Å²) in [6.45, 7) is 7.15. The zero-order chi connectivity index (χ0) is 13.0. The average Bonchev–Trinajstić information content (AvgIpc) is 2.40. The third-order valence-electron chi connectivity index (χ3n) is 3.94. The van der Waals surface area contributed by atoms with Crippen LogP contribution < -0.4 is 5.32 Å². The molecule has 0 aliphatic carbocycles. The number of benzene rings is 1. The predicted octanol–water partition coefficient (Wildman–Crippen LogP) is 3.59. The normalized spacial score (nSPS) is 23.6. The molecular weight excluding hydrogens is 246 g/mol. The molecule has 2 nitrogen and oxygen atoms in total. The Labute approximate surface area is 115 Å². The third-order valence-corrected chi connectivity index (χ3v) is 4.19. The first-order valence-electron chi connectivity index (χ1n) is 6.77. The standard InChI is InChI=1S/C15H22ClNO/c1-3-18-15(2,13-5-4-10-17-11-13)12-6-8-14(16)9-7-12/h6-9,13,17H,3-5,10-11H2,1-2H3. The van der Waals surface area contributed by atoms with Gasteiger partial charge in [0.15, 0.2) is 0 Å². The molecule has 2 unspecified atom stereocenters. The van der Waals surface area contributed by atoms with Crippen LogP contribution in [0.2, 0.25) is 5.02 Å². The minimum absolute atomic E-state index is 0.216. The molecule has 1 aliphatic rings. The monoisotopic (exact) mass is 267 g/mol. The van der Waals surface area contributed by atoms with Gasteiger partial charge in [-0.25, -0.2) is 0 Å². The van der Waals surface area contributed by atoms with Gasteiger partial charge in [-0.3, -0.25) is 0 Å². The molecule has 1 aromatic carbocycles. The maximum atomic E-state index is 6.11. The second-order valence-corrected chi connectivity index (χ2v) is 5.53. The van der Waals surface area contributed by atoms with Gasteiger partial charge in [-0.2, -0.15) is 0 Å². The Morgan fingerprint density at radius 3 is 2.67 bits per heavy atom. The van der Waals surface area contributed by atoms with Gasteiger partial charge in [0.05, 0.1) is 5.60 Å². The molecule has 1 aromatic rings. The van der Waals surface area contributed by atoms with Crippen molar-refractivity contribution in [1.82, 2.24) is 5.32 Å². The molecule has 1 fully saturated rings. The second-order valence-electron chi connectivity index (χ2n) is 5.09. The second kappa shape index (κ2) is 6.05. The van der Waals surface area contributed by atoms with Crippen molar-refractivity contribution in [2.45, 2.75) is 32.3 Å². The zero-order valence-corrected chi connectivity index (χ0v) is 12.0. The Morgan fingerprint density at radius 2 is 2.11 bits per heavy atom. The van der Waals surface area contributed by atoms with Gasteiger partial charge in [-0.1, -0.05) is 23.7 Å². The van der Waals surface area contributed by atoms with Crippen molar-refractivity contribution in [2.24, 2.45) is 5.92 Å². The minimum atomic E-state index is -0.216. The van der Waals surface area contributed by atoms with E-state index in [1.54, 1.807) is 0 Å². The van der Waals surface area contributed by atoms with Gasteiger partial charge in [0.25, 0.3) is 0 Å². The van der Waals surface area contributed by atoms with Gasteiger partial charge < -0.3 is 10.1 Å². The Balaban J connectivity index is 2.26. The van der Waals surface area contributed by atoms with Crippen molar-refractivity contribution in [2.75, 3.05) is 19.7 Å². The van der Waals surface area contributed by atoms with E-state index >= 15 is 0 Å². The van der Waals surface area contributed by atoms with E-state index in [-0.39, 0.29) is 5.60 Å². The summed E-state index contributed by atoms with van der Waals surface area (Å²) in [6, 6.07) is 8.08. The van der Waals surface area contributed by atoms with Crippen LogP contribution in [0.25, 0.3) is 0 Å². The number of hydrogen-bond acceptors (Lipinski definition) is 2. The Kier molecular flexibility index (Phi) is 4.66. The lowest BCUT2D eigenvalue weighted by Gasteiger charge is -2.40. The van der Waals surface area contributed by atoms with Gasteiger partial charge in [-0.05, 0) is 50.9 Å². The predicted molar refractivity (Wildman–Crippen MR) is 76.0 cm³/mol. The van der Waals surface area contributed by atoms with E-state index in [2.05, 4.69) is 31.3 Å². The average molecular weight is 268 g/mol. The van der Waals surface area contributed by atoms with E-state index in [9.17, 15) is 0 Å². The van der Waals surface area contributed by atoms with Crippen LogP contribution >= 0.6 is 11.6 Å². The summed E-state index contributed by atoms with van der Waals surface area (Å²) < 4.78 is 6.11. The fraction of sp³-hybridized carbons (Fsp3) is 0.600. The number of nitrogens with one attached hydrogen (secondary N) is 1.